The second-order valence-electron chi connectivity index (χ2n) is 8.36. The van der Waals surface area contributed by atoms with Crippen molar-refractivity contribution >= 4 is 23.1 Å². The maximum absolute atomic E-state index is 12.9. The number of piperazine rings is 1. The molecule has 0 radical (unpaired) electrons. The summed E-state index contributed by atoms with van der Waals surface area (Å²) in [6.45, 7) is 6.22. The van der Waals surface area contributed by atoms with Crippen molar-refractivity contribution in [2.45, 2.75) is 19.6 Å². The van der Waals surface area contributed by atoms with E-state index < -0.39 is 11.7 Å². The van der Waals surface area contributed by atoms with E-state index in [0.29, 0.717) is 23.6 Å². The van der Waals surface area contributed by atoms with Crippen LogP contribution in [0.1, 0.15) is 17.0 Å². The van der Waals surface area contributed by atoms with Gasteiger partial charge in [0.1, 0.15) is 12.4 Å². The number of azo groups is 1. The number of pyridine rings is 1. The molecule has 2 aromatic heterocycles. The Balaban J connectivity index is 1.34. The average molecular weight is 501 g/mol. The van der Waals surface area contributed by atoms with Crippen LogP contribution in [0.4, 0.5) is 36.3 Å². The third kappa shape index (κ3) is 6.95. The molecule has 0 amide bonds. The lowest BCUT2D eigenvalue weighted by molar-refractivity contribution is -0.137. The minimum Gasteiger partial charge on any atom is -0.395 e. The van der Waals surface area contributed by atoms with Gasteiger partial charge in [0.2, 0.25) is 0 Å². The van der Waals surface area contributed by atoms with E-state index in [9.17, 15) is 13.2 Å². The monoisotopic (exact) mass is 500 g/mol. The molecule has 1 fully saturated rings. The molecule has 0 spiro atoms. The van der Waals surface area contributed by atoms with Crippen molar-refractivity contribution in [2.75, 3.05) is 49.5 Å². The normalized spacial score (nSPS) is 15.0. The van der Waals surface area contributed by atoms with Gasteiger partial charge in [-0.25, -0.2) is 4.98 Å². The van der Waals surface area contributed by atoms with Crippen LogP contribution in [0.5, 0.6) is 0 Å². The highest BCUT2D eigenvalue weighted by Gasteiger charge is 2.30. The Morgan fingerprint density at radius 3 is 2.53 bits per heavy atom. The number of hydrogen-bond donors (Lipinski definition) is 2. The van der Waals surface area contributed by atoms with Crippen molar-refractivity contribution in [2.24, 2.45) is 10.2 Å². The molecule has 0 saturated carbocycles. The van der Waals surface area contributed by atoms with Gasteiger partial charge in [0.15, 0.2) is 0 Å². The number of anilines is 3. The number of alkyl halides is 3. The number of aliphatic hydroxyl groups is 1. The summed E-state index contributed by atoms with van der Waals surface area (Å²) >= 11 is 0. The molecule has 1 aromatic carbocycles. The van der Waals surface area contributed by atoms with Crippen molar-refractivity contribution in [3.05, 3.63) is 65.6 Å². The van der Waals surface area contributed by atoms with Gasteiger partial charge in [-0.2, -0.15) is 23.3 Å². The Kier molecular flexibility index (Phi) is 8.06. The van der Waals surface area contributed by atoms with Crippen LogP contribution < -0.4 is 10.2 Å². The fourth-order valence-electron chi connectivity index (χ4n) is 3.79. The van der Waals surface area contributed by atoms with Gasteiger partial charge in [0.05, 0.1) is 29.7 Å². The lowest BCUT2D eigenvalue weighted by Crippen LogP contribution is -2.47. The van der Waals surface area contributed by atoms with Gasteiger partial charge >= 0.3 is 6.18 Å². The van der Waals surface area contributed by atoms with Crippen LogP contribution in [-0.4, -0.2) is 64.3 Å². The van der Waals surface area contributed by atoms with Crippen LogP contribution >= 0.6 is 0 Å². The third-order valence-corrected chi connectivity index (χ3v) is 5.64. The van der Waals surface area contributed by atoms with Crippen molar-refractivity contribution in [1.82, 2.24) is 19.9 Å². The summed E-state index contributed by atoms with van der Waals surface area (Å²) in [5.74, 6) is 1.06. The van der Waals surface area contributed by atoms with Crippen LogP contribution in [0.2, 0.25) is 0 Å². The van der Waals surface area contributed by atoms with E-state index in [2.05, 4.69) is 40.3 Å². The molecule has 36 heavy (non-hydrogen) atoms. The molecule has 0 bridgehead atoms. The van der Waals surface area contributed by atoms with Crippen LogP contribution in [0.15, 0.2) is 58.9 Å². The average Bonchev–Trinajstić information content (AvgIpc) is 2.85. The summed E-state index contributed by atoms with van der Waals surface area (Å²) in [5.41, 5.74) is 1.58. The fraction of sp³-hybridized carbons (Fsp3) is 0.375. The predicted octanol–water partition coefficient (Wildman–Crippen LogP) is 4.34. The Morgan fingerprint density at radius 1 is 1.03 bits per heavy atom. The molecule has 0 atom stereocenters. The van der Waals surface area contributed by atoms with E-state index in [0.717, 1.165) is 49.8 Å². The smallest absolute Gasteiger partial charge is 0.395 e. The first kappa shape index (κ1) is 25.5. The molecule has 4 rings (SSSR count). The first-order valence-electron chi connectivity index (χ1n) is 11.5. The molecule has 190 valence electrons. The molecule has 9 nitrogen and oxygen atoms in total. The number of nitrogens with one attached hydrogen (secondary N) is 1. The molecule has 1 saturated heterocycles. The molecule has 0 aliphatic carbocycles. The summed E-state index contributed by atoms with van der Waals surface area (Å²) < 4.78 is 38.7. The lowest BCUT2D eigenvalue weighted by Gasteiger charge is -2.35. The van der Waals surface area contributed by atoms with Gasteiger partial charge in [-0.05, 0) is 37.3 Å². The predicted molar refractivity (Wildman–Crippen MR) is 130 cm³/mol. The molecule has 1 aliphatic heterocycles. The summed E-state index contributed by atoms with van der Waals surface area (Å²) in [6.07, 6.45) is -2.87. The number of nitrogens with zero attached hydrogens (tertiary/aromatic N) is 7. The topological polar surface area (TPSA) is 102 Å². The van der Waals surface area contributed by atoms with E-state index in [-0.39, 0.29) is 19.1 Å². The Morgan fingerprint density at radius 2 is 1.83 bits per heavy atom. The zero-order valence-electron chi connectivity index (χ0n) is 19.8. The van der Waals surface area contributed by atoms with Crippen molar-refractivity contribution in [3.63, 3.8) is 0 Å². The number of aliphatic hydroxyl groups excluding tert-OH is 1. The SMILES string of the molecule is Cc1cc(N2CCN(CCO)CC2)nc(N=NCc2ccc(Nc3cccc(C(F)(F)F)c3)cn2)n1. The number of β-amino-alcohol motifs (C(OH)–C–C–N with tert-alkyl or cyclic N) is 1. The first-order valence-corrected chi connectivity index (χ1v) is 11.5. The highest BCUT2D eigenvalue weighted by Crippen LogP contribution is 2.31. The van der Waals surface area contributed by atoms with E-state index >= 15 is 0 Å². The van der Waals surface area contributed by atoms with Crippen molar-refractivity contribution < 1.29 is 18.3 Å². The van der Waals surface area contributed by atoms with Crippen LogP contribution in [0.3, 0.4) is 0 Å². The summed E-state index contributed by atoms with van der Waals surface area (Å²) in [7, 11) is 0. The van der Waals surface area contributed by atoms with Crippen LogP contribution in [0, 0.1) is 6.92 Å². The van der Waals surface area contributed by atoms with Crippen LogP contribution in [0.25, 0.3) is 0 Å². The number of hydrogen-bond acceptors (Lipinski definition) is 9. The van der Waals surface area contributed by atoms with Crippen molar-refractivity contribution in [1.29, 1.82) is 0 Å². The molecular weight excluding hydrogens is 473 g/mol. The Hall–Kier alpha value is -3.64. The minimum absolute atomic E-state index is 0.154. The van der Waals surface area contributed by atoms with Gasteiger partial charge in [-0.1, -0.05) is 6.07 Å². The molecule has 3 heterocycles. The quantitative estimate of drug-likeness (QED) is 0.444. The van der Waals surface area contributed by atoms with Gasteiger partial charge < -0.3 is 15.3 Å². The maximum Gasteiger partial charge on any atom is 0.416 e. The van der Waals surface area contributed by atoms with E-state index in [1.165, 1.54) is 12.3 Å². The van der Waals surface area contributed by atoms with Gasteiger partial charge in [-0.15, -0.1) is 5.11 Å². The van der Waals surface area contributed by atoms with Crippen LogP contribution in [-0.2, 0) is 12.7 Å². The number of aromatic nitrogens is 3. The molecule has 3 aromatic rings. The maximum atomic E-state index is 12.9. The standard InChI is InChI=1S/C24H27F3N8O/c1-17-13-22(35-9-7-34(8-10-35)11-12-36)32-23(30-17)33-29-16-20-5-6-21(15-28-20)31-19-4-2-3-18(14-19)24(25,26)27/h2-6,13-15,31,36H,7-12,16H2,1H3. The van der Waals surface area contributed by atoms with E-state index in [4.69, 9.17) is 5.11 Å². The minimum atomic E-state index is -4.40. The largest absolute Gasteiger partial charge is 0.416 e. The van der Waals surface area contributed by atoms with Gasteiger partial charge in [0.25, 0.3) is 5.95 Å². The van der Waals surface area contributed by atoms with E-state index in [1.807, 2.05) is 13.0 Å². The molecular formula is C24H27F3N8O. The highest BCUT2D eigenvalue weighted by atomic mass is 19.4. The number of aryl methyl sites for hydroxylation is 1. The van der Waals surface area contributed by atoms with Crippen molar-refractivity contribution in [3.8, 4) is 0 Å². The summed E-state index contributed by atoms with van der Waals surface area (Å²) in [5, 5.41) is 20.3. The molecule has 2 N–H and O–H groups in total. The summed E-state index contributed by atoms with van der Waals surface area (Å²) in [6, 6.07) is 10.3. The Bertz CT molecular complexity index is 1180. The zero-order valence-corrected chi connectivity index (χ0v) is 19.8. The molecule has 0 unspecified atom stereocenters. The highest BCUT2D eigenvalue weighted by molar-refractivity contribution is 5.59. The number of rotatable bonds is 8. The summed E-state index contributed by atoms with van der Waals surface area (Å²) in [4.78, 5) is 17.5. The lowest BCUT2D eigenvalue weighted by atomic mass is 10.2. The second kappa shape index (κ2) is 11.4. The number of halogens is 3. The first-order chi connectivity index (χ1) is 17.3. The second-order valence-corrected chi connectivity index (χ2v) is 8.36. The Labute approximate surface area is 206 Å². The zero-order chi connectivity index (χ0) is 25.5. The third-order valence-electron chi connectivity index (χ3n) is 5.64. The molecule has 1 aliphatic rings. The fourth-order valence-corrected chi connectivity index (χ4v) is 3.79. The molecule has 12 heteroatoms. The van der Waals surface area contributed by atoms with Gasteiger partial charge in [-0.3, -0.25) is 9.88 Å². The van der Waals surface area contributed by atoms with Gasteiger partial charge in [0, 0.05) is 50.2 Å². The number of benzene rings is 1. The van der Waals surface area contributed by atoms with E-state index in [1.54, 1.807) is 18.2 Å².